The van der Waals surface area contributed by atoms with Gasteiger partial charge in [-0.2, -0.15) is 0 Å². The average Bonchev–Trinajstić information content (AvgIpc) is 2.09. The number of nitrogens with zero attached hydrogens (tertiary/aromatic N) is 2. The third-order valence-corrected chi connectivity index (χ3v) is 3.63. The third-order valence-electron chi connectivity index (χ3n) is 1.76. The van der Waals surface area contributed by atoms with E-state index in [1.807, 2.05) is 18.8 Å². The van der Waals surface area contributed by atoms with Gasteiger partial charge in [-0.15, -0.1) is 0 Å². The maximum atomic E-state index is 4.28. The fraction of sp³-hybridized carbons (Fsp3) is 0.500. The number of anilines is 1. The van der Waals surface area contributed by atoms with Gasteiger partial charge in [0.15, 0.2) is 0 Å². The number of aryl methyl sites for hydroxylation is 2. The fourth-order valence-corrected chi connectivity index (χ4v) is 2.17. The van der Waals surface area contributed by atoms with Gasteiger partial charge >= 0.3 is 96.2 Å². The molecule has 0 aliphatic rings. The van der Waals surface area contributed by atoms with Crippen molar-refractivity contribution >= 4 is 54.4 Å². The van der Waals surface area contributed by atoms with Crippen LogP contribution in [0.2, 0.25) is 0 Å². The zero-order valence-electron chi connectivity index (χ0n) is 6.89. The fourth-order valence-electron chi connectivity index (χ4n) is 1.11. The molecule has 3 nitrogen and oxygen atoms in total. The summed E-state index contributed by atoms with van der Waals surface area (Å²) in [6.45, 7) is 2.06. The Morgan fingerprint density at radius 1 is 1.60 bits per heavy atom. The van der Waals surface area contributed by atoms with E-state index >= 15 is 0 Å². The van der Waals surface area contributed by atoms with E-state index < -0.39 is 0 Å². The molecule has 0 aliphatic carbocycles. The predicted octanol–water partition coefficient (Wildman–Crippen LogP) is -0.436. The van der Waals surface area contributed by atoms with Crippen molar-refractivity contribution in [3.05, 3.63) is 5.69 Å². The van der Waals surface area contributed by atoms with Crippen molar-refractivity contribution < 1.29 is 0 Å². The Bertz CT molecular complexity index is 241. The normalized spacial score (nSPS) is 10.1. The SMILES string of the molecule is CNc1[c]([K])c(C)nn1C. The standard InChI is InChI=1S/C6H10N3.K/c1-5-4-6(7-2)9(3)8-5;/h7H,1-3H3;. The number of aromatic nitrogens is 2. The summed E-state index contributed by atoms with van der Waals surface area (Å²) in [7, 11) is 3.90. The van der Waals surface area contributed by atoms with E-state index in [0.717, 1.165) is 0 Å². The molecule has 0 radical (unpaired) electrons. The Balaban J connectivity index is 3.20. The van der Waals surface area contributed by atoms with Gasteiger partial charge in [0.2, 0.25) is 0 Å². The minimum atomic E-state index is 0.712. The van der Waals surface area contributed by atoms with Crippen molar-refractivity contribution in [1.82, 2.24) is 9.78 Å². The van der Waals surface area contributed by atoms with E-state index in [9.17, 15) is 0 Å². The Morgan fingerprint density at radius 2 is 2.20 bits per heavy atom. The van der Waals surface area contributed by atoms with Crippen LogP contribution in [0.5, 0.6) is 0 Å². The van der Waals surface area contributed by atoms with Gasteiger partial charge in [0.05, 0.1) is 0 Å². The van der Waals surface area contributed by atoms with Gasteiger partial charge in [0.1, 0.15) is 0 Å². The summed E-state index contributed by atoms with van der Waals surface area (Å²) in [4.78, 5) is 0. The molecule has 0 unspecified atom stereocenters. The molecule has 0 fully saturated rings. The molecule has 0 aromatic carbocycles. The van der Waals surface area contributed by atoms with Crippen molar-refractivity contribution in [2.45, 2.75) is 6.92 Å². The quantitative estimate of drug-likeness (QED) is 0.569. The van der Waals surface area contributed by atoms with Crippen LogP contribution in [-0.4, -0.2) is 65.8 Å². The molecular weight excluding hydrogens is 153 g/mol. The van der Waals surface area contributed by atoms with Crippen molar-refractivity contribution in [2.24, 2.45) is 7.05 Å². The number of hydrogen-bond acceptors (Lipinski definition) is 2. The molecule has 4 heteroatoms. The molecule has 10 heavy (non-hydrogen) atoms. The monoisotopic (exact) mass is 163 g/mol. The average molecular weight is 163 g/mol. The first-order valence-corrected chi connectivity index (χ1v) is 4.91. The molecular formula is C6H10KN3. The molecule has 0 atom stereocenters. The van der Waals surface area contributed by atoms with E-state index in [2.05, 4.69) is 17.3 Å². The summed E-state index contributed by atoms with van der Waals surface area (Å²) in [5.74, 6) is 1.18. The number of nitrogens with one attached hydrogen (secondary N) is 1. The Morgan fingerprint density at radius 3 is 2.40 bits per heavy atom. The molecule has 0 bridgehead atoms. The van der Waals surface area contributed by atoms with Crippen molar-refractivity contribution in [3.63, 3.8) is 0 Å². The second-order valence-electron chi connectivity index (χ2n) is 2.43. The van der Waals surface area contributed by atoms with Crippen LogP contribution in [0.15, 0.2) is 0 Å². The molecule has 50 valence electrons. The summed E-state index contributed by atoms with van der Waals surface area (Å²) in [6.07, 6.45) is 0. The first-order valence-electron chi connectivity index (χ1n) is 3.34. The number of hydrogen-bond donors (Lipinski definition) is 1. The van der Waals surface area contributed by atoms with Crippen LogP contribution in [0.25, 0.3) is 0 Å². The van der Waals surface area contributed by atoms with Crippen molar-refractivity contribution in [2.75, 3.05) is 12.4 Å². The van der Waals surface area contributed by atoms with Gasteiger partial charge in [-0.05, 0) is 0 Å². The molecule has 0 aliphatic heterocycles. The zero-order valence-corrected chi connectivity index (χ0v) is 10.0. The van der Waals surface area contributed by atoms with Crippen LogP contribution in [0.3, 0.4) is 0 Å². The predicted molar refractivity (Wildman–Crippen MR) is 42.9 cm³/mol. The summed E-state index contributed by atoms with van der Waals surface area (Å²) >= 11 is 0.712. The third kappa shape index (κ3) is 1.45. The van der Waals surface area contributed by atoms with Crippen molar-refractivity contribution in [3.8, 4) is 0 Å². The van der Waals surface area contributed by atoms with Gasteiger partial charge in [-0.1, -0.05) is 0 Å². The molecule has 1 heterocycles. The first-order chi connectivity index (χ1) is 4.66. The molecule has 0 amide bonds. The van der Waals surface area contributed by atoms with Gasteiger partial charge in [0.25, 0.3) is 0 Å². The zero-order chi connectivity index (χ0) is 7.72. The summed E-state index contributed by atoms with van der Waals surface area (Å²) in [6, 6.07) is 0. The topological polar surface area (TPSA) is 29.9 Å². The van der Waals surface area contributed by atoms with Gasteiger partial charge in [-0.3, -0.25) is 0 Å². The van der Waals surface area contributed by atoms with Gasteiger partial charge < -0.3 is 0 Å². The van der Waals surface area contributed by atoms with Crippen LogP contribution in [0.4, 0.5) is 5.82 Å². The van der Waals surface area contributed by atoms with Crippen LogP contribution in [0.1, 0.15) is 5.69 Å². The van der Waals surface area contributed by atoms with Crippen LogP contribution >= 0.6 is 0 Å². The van der Waals surface area contributed by atoms with Gasteiger partial charge in [0, 0.05) is 0 Å². The van der Waals surface area contributed by atoms with E-state index in [4.69, 9.17) is 0 Å². The summed E-state index contributed by atoms with van der Waals surface area (Å²) < 4.78 is 3.31. The molecule has 1 aromatic heterocycles. The van der Waals surface area contributed by atoms with Crippen LogP contribution in [-0.2, 0) is 7.05 Å². The van der Waals surface area contributed by atoms with Crippen molar-refractivity contribution in [1.29, 1.82) is 0 Å². The van der Waals surface area contributed by atoms with E-state index in [-0.39, 0.29) is 0 Å². The van der Waals surface area contributed by atoms with Crippen LogP contribution < -0.4 is 4.97 Å². The molecule has 0 spiro atoms. The second-order valence-corrected chi connectivity index (χ2v) is 3.99. The molecule has 1 N–H and O–H groups in total. The Hall–Kier alpha value is 0.646. The summed E-state index contributed by atoms with van der Waals surface area (Å²) in [5, 5.41) is 7.41. The Labute approximate surface area is 94.8 Å². The van der Waals surface area contributed by atoms with Gasteiger partial charge in [-0.25, -0.2) is 0 Å². The van der Waals surface area contributed by atoms with E-state index in [1.54, 1.807) is 0 Å². The second kappa shape index (κ2) is 3.36. The first kappa shape index (κ1) is 8.74. The Kier molecular flexibility index (Phi) is 2.94. The molecule has 1 rings (SSSR count). The molecule has 0 saturated heterocycles. The maximum absolute atomic E-state index is 4.28. The van der Waals surface area contributed by atoms with E-state index in [0.29, 0.717) is 49.0 Å². The summed E-state index contributed by atoms with van der Waals surface area (Å²) in [5.41, 5.74) is 1.17. The number of rotatable bonds is 1. The molecule has 0 saturated carbocycles. The van der Waals surface area contributed by atoms with E-state index in [1.165, 1.54) is 11.2 Å². The van der Waals surface area contributed by atoms with Crippen LogP contribution in [0, 0.1) is 6.92 Å². The minimum absolute atomic E-state index is 0.712. The molecule has 1 aromatic rings.